The topological polar surface area (TPSA) is 55.9 Å². The summed E-state index contributed by atoms with van der Waals surface area (Å²) in [6.07, 6.45) is 5.43. The maximum atomic E-state index is 6.14. The number of nitrogens with zero attached hydrogens (tertiary/aromatic N) is 2. The lowest BCUT2D eigenvalue weighted by atomic mass is 9.79. The summed E-state index contributed by atoms with van der Waals surface area (Å²) in [7, 11) is 0. The van der Waals surface area contributed by atoms with Crippen molar-refractivity contribution in [1.82, 2.24) is 15.2 Å². The Bertz CT molecular complexity index is 332. The van der Waals surface area contributed by atoms with Gasteiger partial charge in [-0.1, -0.05) is 18.0 Å². The second kappa shape index (κ2) is 4.51. The van der Waals surface area contributed by atoms with Crippen LogP contribution in [0.25, 0.3) is 0 Å². The van der Waals surface area contributed by atoms with Crippen LogP contribution in [-0.2, 0) is 6.54 Å². The Morgan fingerprint density at radius 2 is 2.47 bits per heavy atom. The van der Waals surface area contributed by atoms with E-state index in [1.807, 2.05) is 4.68 Å². The lowest BCUT2D eigenvalue weighted by Gasteiger charge is -2.33. The molecule has 1 aromatic heterocycles. The molecule has 1 aliphatic carbocycles. The molecule has 1 unspecified atom stereocenters. The summed E-state index contributed by atoms with van der Waals surface area (Å²) in [6, 6.07) is 0.147. The second-order valence-corrected chi connectivity index (χ2v) is 4.44. The van der Waals surface area contributed by atoms with Crippen LogP contribution >= 0.6 is 11.6 Å². The first kappa shape index (κ1) is 10.9. The van der Waals surface area contributed by atoms with Gasteiger partial charge in [0.2, 0.25) is 0 Å². The van der Waals surface area contributed by atoms with Gasteiger partial charge in [-0.25, -0.2) is 0 Å². The van der Waals surface area contributed by atoms with Crippen LogP contribution in [0.4, 0.5) is 0 Å². The van der Waals surface area contributed by atoms with Gasteiger partial charge < -0.3 is 0 Å². The smallest absolute Gasteiger partial charge is 0.0834 e. The van der Waals surface area contributed by atoms with E-state index < -0.39 is 0 Å². The molecule has 0 radical (unpaired) electrons. The van der Waals surface area contributed by atoms with Crippen LogP contribution in [0.5, 0.6) is 0 Å². The molecule has 1 atom stereocenters. The van der Waals surface area contributed by atoms with Gasteiger partial charge in [-0.15, -0.1) is 0 Å². The van der Waals surface area contributed by atoms with Gasteiger partial charge in [0, 0.05) is 6.54 Å². The number of nitrogens with two attached hydrogens (primary N) is 1. The molecule has 1 aromatic rings. The molecule has 0 aromatic carbocycles. The molecule has 1 heterocycles. The minimum Gasteiger partial charge on any atom is -0.271 e. The van der Waals surface area contributed by atoms with E-state index in [1.165, 1.54) is 19.3 Å². The third-order valence-electron chi connectivity index (χ3n) is 3.23. The molecule has 2 rings (SSSR count). The van der Waals surface area contributed by atoms with Gasteiger partial charge in [0.1, 0.15) is 0 Å². The van der Waals surface area contributed by atoms with Crippen LogP contribution in [0.15, 0.2) is 6.20 Å². The molecule has 0 spiro atoms. The minimum absolute atomic E-state index is 0.147. The van der Waals surface area contributed by atoms with Crippen molar-refractivity contribution in [2.24, 2.45) is 11.8 Å². The van der Waals surface area contributed by atoms with Crippen LogP contribution in [0, 0.1) is 5.92 Å². The Kier molecular flexibility index (Phi) is 3.29. The molecule has 4 nitrogen and oxygen atoms in total. The van der Waals surface area contributed by atoms with E-state index in [0.717, 1.165) is 12.2 Å². The number of halogens is 1. The van der Waals surface area contributed by atoms with Crippen molar-refractivity contribution >= 4 is 11.6 Å². The molecule has 15 heavy (non-hydrogen) atoms. The minimum atomic E-state index is 0.147. The molecule has 0 amide bonds. The first-order valence-corrected chi connectivity index (χ1v) is 5.83. The average molecular weight is 229 g/mol. The summed E-state index contributed by atoms with van der Waals surface area (Å²) in [5, 5.41) is 4.95. The van der Waals surface area contributed by atoms with Crippen molar-refractivity contribution in [2.75, 3.05) is 0 Å². The lowest BCUT2D eigenvalue weighted by Crippen LogP contribution is -2.38. The quantitative estimate of drug-likeness (QED) is 0.611. The van der Waals surface area contributed by atoms with Crippen molar-refractivity contribution in [2.45, 2.75) is 38.8 Å². The summed E-state index contributed by atoms with van der Waals surface area (Å²) in [6.45, 7) is 2.88. The van der Waals surface area contributed by atoms with Crippen molar-refractivity contribution in [3.63, 3.8) is 0 Å². The lowest BCUT2D eigenvalue weighted by molar-refractivity contribution is 0.223. The number of hydrogen-bond acceptors (Lipinski definition) is 3. The SMILES string of the molecule is CCn1ncc(Cl)c1C(NN)C1CCC1. The highest BCUT2D eigenvalue weighted by molar-refractivity contribution is 6.31. The first-order chi connectivity index (χ1) is 7.27. The molecule has 1 saturated carbocycles. The predicted molar refractivity (Wildman–Crippen MR) is 60.3 cm³/mol. The van der Waals surface area contributed by atoms with E-state index in [2.05, 4.69) is 17.4 Å². The number of hydrazine groups is 1. The van der Waals surface area contributed by atoms with E-state index in [1.54, 1.807) is 6.20 Å². The zero-order valence-electron chi connectivity index (χ0n) is 8.91. The van der Waals surface area contributed by atoms with E-state index in [9.17, 15) is 0 Å². The van der Waals surface area contributed by atoms with Gasteiger partial charge in [-0.05, 0) is 25.7 Å². The zero-order valence-corrected chi connectivity index (χ0v) is 9.67. The predicted octanol–water partition coefficient (Wildman–Crippen LogP) is 1.86. The van der Waals surface area contributed by atoms with Crippen molar-refractivity contribution in [3.05, 3.63) is 16.9 Å². The fourth-order valence-corrected chi connectivity index (χ4v) is 2.40. The Balaban J connectivity index is 2.27. The summed E-state index contributed by atoms with van der Waals surface area (Å²) >= 11 is 6.14. The number of rotatable bonds is 4. The highest BCUT2D eigenvalue weighted by atomic mass is 35.5. The Hall–Kier alpha value is -0.580. The zero-order chi connectivity index (χ0) is 10.8. The molecule has 1 aliphatic rings. The number of aromatic nitrogens is 2. The van der Waals surface area contributed by atoms with E-state index in [-0.39, 0.29) is 6.04 Å². The van der Waals surface area contributed by atoms with Crippen molar-refractivity contribution < 1.29 is 0 Å². The average Bonchev–Trinajstić information content (AvgIpc) is 2.53. The highest BCUT2D eigenvalue weighted by Crippen LogP contribution is 2.39. The summed E-state index contributed by atoms with van der Waals surface area (Å²) in [5.74, 6) is 6.22. The van der Waals surface area contributed by atoms with E-state index in [0.29, 0.717) is 10.9 Å². The molecule has 0 saturated heterocycles. The second-order valence-electron chi connectivity index (χ2n) is 4.03. The van der Waals surface area contributed by atoms with E-state index >= 15 is 0 Å². The normalized spacial score (nSPS) is 18.9. The summed E-state index contributed by atoms with van der Waals surface area (Å²) in [5.41, 5.74) is 3.91. The van der Waals surface area contributed by atoms with Gasteiger partial charge in [-0.3, -0.25) is 16.0 Å². The maximum absolute atomic E-state index is 6.14. The van der Waals surface area contributed by atoms with Gasteiger partial charge in [0.25, 0.3) is 0 Å². The van der Waals surface area contributed by atoms with Crippen LogP contribution in [0.2, 0.25) is 5.02 Å². The van der Waals surface area contributed by atoms with Crippen LogP contribution < -0.4 is 11.3 Å². The fourth-order valence-electron chi connectivity index (χ4n) is 2.14. The van der Waals surface area contributed by atoms with Crippen molar-refractivity contribution in [1.29, 1.82) is 0 Å². The summed E-state index contributed by atoms with van der Waals surface area (Å²) < 4.78 is 1.92. The monoisotopic (exact) mass is 228 g/mol. The number of nitrogens with one attached hydrogen (secondary N) is 1. The van der Waals surface area contributed by atoms with Crippen molar-refractivity contribution in [3.8, 4) is 0 Å². The molecular weight excluding hydrogens is 212 g/mol. The first-order valence-electron chi connectivity index (χ1n) is 5.45. The molecule has 1 fully saturated rings. The van der Waals surface area contributed by atoms with Crippen LogP contribution in [0.3, 0.4) is 0 Å². The standard InChI is InChI=1S/C10H17ClN4/c1-2-15-10(8(11)6-13-15)9(14-12)7-4-3-5-7/h6-7,9,14H,2-5,12H2,1H3. The Labute approximate surface area is 94.8 Å². The third kappa shape index (κ3) is 1.89. The number of hydrogen-bond donors (Lipinski definition) is 2. The molecule has 5 heteroatoms. The Morgan fingerprint density at radius 1 is 1.73 bits per heavy atom. The van der Waals surface area contributed by atoms with Gasteiger partial charge in [-0.2, -0.15) is 5.10 Å². The fraction of sp³-hybridized carbons (Fsp3) is 0.700. The summed E-state index contributed by atoms with van der Waals surface area (Å²) in [4.78, 5) is 0. The third-order valence-corrected chi connectivity index (χ3v) is 3.52. The molecule has 84 valence electrons. The van der Waals surface area contributed by atoms with Gasteiger partial charge in [0.15, 0.2) is 0 Å². The van der Waals surface area contributed by atoms with Gasteiger partial charge >= 0.3 is 0 Å². The highest BCUT2D eigenvalue weighted by Gasteiger charge is 2.31. The molecule has 0 bridgehead atoms. The maximum Gasteiger partial charge on any atom is 0.0834 e. The largest absolute Gasteiger partial charge is 0.271 e. The Morgan fingerprint density at radius 3 is 2.93 bits per heavy atom. The van der Waals surface area contributed by atoms with E-state index in [4.69, 9.17) is 17.4 Å². The molecular formula is C10H17ClN4. The molecule has 0 aliphatic heterocycles. The van der Waals surface area contributed by atoms with Crippen LogP contribution in [0.1, 0.15) is 37.9 Å². The molecule has 3 N–H and O–H groups in total. The number of aryl methyl sites for hydroxylation is 1. The van der Waals surface area contributed by atoms with Crippen LogP contribution in [-0.4, -0.2) is 9.78 Å². The van der Waals surface area contributed by atoms with Gasteiger partial charge in [0.05, 0.1) is 23.0 Å².